The molecule has 4 bridgehead atoms. The molecule has 21 heavy (non-hydrogen) atoms. The average Bonchev–Trinajstić information content (AvgIpc) is 2.62. The minimum absolute atomic E-state index is 0.150. The summed E-state index contributed by atoms with van der Waals surface area (Å²) in [5, 5.41) is 0.150. The number of hydrogen-bond donors (Lipinski definition) is 0. The zero-order valence-corrected chi connectivity index (χ0v) is 17.3. The summed E-state index contributed by atoms with van der Waals surface area (Å²) in [7, 11) is 0. The van der Waals surface area contributed by atoms with E-state index in [1.807, 2.05) is 0 Å². The largest absolute Gasteiger partial charge is 0.121 e. The van der Waals surface area contributed by atoms with E-state index >= 15 is 0 Å². The van der Waals surface area contributed by atoms with Crippen molar-refractivity contribution < 1.29 is 0 Å². The first-order valence-electron chi connectivity index (χ1n) is 7.82. The first-order chi connectivity index (χ1) is 9.73. The molecule has 4 aliphatic carbocycles. The van der Waals surface area contributed by atoms with Gasteiger partial charge in [0.15, 0.2) is 0 Å². The Bertz CT molecular complexity index is 578. The van der Waals surface area contributed by atoms with E-state index in [0.29, 0.717) is 16.2 Å². The van der Waals surface area contributed by atoms with Crippen molar-refractivity contribution in [2.75, 3.05) is 0 Å². The maximum atomic E-state index is 7.13. The minimum Gasteiger partial charge on any atom is -0.121 e. The van der Waals surface area contributed by atoms with E-state index in [4.69, 9.17) is 11.6 Å². The van der Waals surface area contributed by atoms with Crippen molar-refractivity contribution in [3.63, 3.8) is 0 Å². The maximum absolute atomic E-state index is 7.13. The van der Waals surface area contributed by atoms with E-state index in [0.717, 1.165) is 5.92 Å². The van der Waals surface area contributed by atoms with Crippen LogP contribution in [0.3, 0.4) is 0 Å². The highest BCUT2D eigenvalue weighted by Gasteiger charge is 2.62. The molecular weight excluding hydrogens is 432 g/mol. The molecule has 5 rings (SSSR count). The van der Waals surface area contributed by atoms with Gasteiger partial charge in [0.25, 0.3) is 0 Å². The molecule has 116 valence electrons. The van der Waals surface area contributed by atoms with Crippen molar-refractivity contribution in [2.45, 2.75) is 57.7 Å². The third-order valence-corrected chi connectivity index (χ3v) is 9.25. The van der Waals surface area contributed by atoms with Gasteiger partial charge in [-0.1, -0.05) is 13.8 Å². The van der Waals surface area contributed by atoms with Crippen LogP contribution in [0.4, 0.5) is 0 Å². The standard InChI is InChI=1S/C17H21Br2ClS/c1-15-4-10-5-16(2,7-15)9-17(6-10,8-15)13(20)11-3-12(18)21-14(11)19/h3,10,13H,4-9H2,1-2H3. The molecule has 3 atom stereocenters. The molecule has 0 radical (unpaired) electrons. The highest BCUT2D eigenvalue weighted by atomic mass is 79.9. The van der Waals surface area contributed by atoms with Crippen LogP contribution in [0, 0.1) is 22.2 Å². The average molecular weight is 453 g/mol. The Balaban J connectivity index is 1.75. The molecule has 0 aliphatic heterocycles. The van der Waals surface area contributed by atoms with Gasteiger partial charge in [-0.2, -0.15) is 0 Å². The van der Waals surface area contributed by atoms with Crippen LogP contribution in [0.15, 0.2) is 13.6 Å². The highest BCUT2D eigenvalue weighted by molar-refractivity contribution is 9.12. The second kappa shape index (κ2) is 4.74. The van der Waals surface area contributed by atoms with E-state index in [-0.39, 0.29) is 5.38 Å². The third-order valence-electron chi connectivity index (χ3n) is 6.16. The molecule has 0 aromatic carbocycles. The molecule has 1 aromatic rings. The smallest absolute Gasteiger partial charge is 0.0757 e. The Morgan fingerprint density at radius 3 is 2.24 bits per heavy atom. The minimum atomic E-state index is 0.150. The van der Waals surface area contributed by atoms with Gasteiger partial charge >= 0.3 is 0 Å². The van der Waals surface area contributed by atoms with Crippen LogP contribution in [0.25, 0.3) is 0 Å². The zero-order valence-electron chi connectivity index (χ0n) is 12.5. The van der Waals surface area contributed by atoms with Crippen molar-refractivity contribution in [2.24, 2.45) is 22.2 Å². The van der Waals surface area contributed by atoms with Gasteiger partial charge in [-0.15, -0.1) is 22.9 Å². The molecule has 0 spiro atoms. The summed E-state index contributed by atoms with van der Waals surface area (Å²) < 4.78 is 2.39. The molecule has 0 amide bonds. The van der Waals surface area contributed by atoms with Crippen LogP contribution < -0.4 is 0 Å². The summed E-state index contributed by atoms with van der Waals surface area (Å²) >= 11 is 16.2. The van der Waals surface area contributed by atoms with Crippen molar-refractivity contribution in [1.82, 2.24) is 0 Å². The van der Waals surface area contributed by atoms with Gasteiger partial charge in [0.1, 0.15) is 0 Å². The number of alkyl halides is 1. The number of hydrogen-bond acceptors (Lipinski definition) is 1. The second-order valence-electron chi connectivity index (χ2n) is 8.63. The zero-order chi connectivity index (χ0) is 15.0. The van der Waals surface area contributed by atoms with E-state index < -0.39 is 0 Å². The molecule has 1 aromatic heterocycles. The van der Waals surface area contributed by atoms with Gasteiger partial charge in [0.2, 0.25) is 0 Å². The molecule has 0 saturated heterocycles. The molecule has 4 fully saturated rings. The molecular formula is C17H21Br2ClS. The highest BCUT2D eigenvalue weighted by Crippen LogP contribution is 2.73. The van der Waals surface area contributed by atoms with Crippen molar-refractivity contribution in [3.05, 3.63) is 19.2 Å². The van der Waals surface area contributed by atoms with Crippen LogP contribution in [-0.2, 0) is 0 Å². The lowest BCUT2D eigenvalue weighted by molar-refractivity contribution is -0.146. The molecule has 0 N–H and O–H groups in total. The van der Waals surface area contributed by atoms with Gasteiger partial charge in [-0.3, -0.25) is 0 Å². The molecule has 4 heteroatoms. The quantitative estimate of drug-likeness (QED) is 0.406. The summed E-state index contributed by atoms with van der Waals surface area (Å²) in [6.45, 7) is 5.04. The lowest BCUT2D eigenvalue weighted by Crippen LogP contribution is -2.56. The van der Waals surface area contributed by atoms with Crippen molar-refractivity contribution in [3.8, 4) is 0 Å². The lowest BCUT2D eigenvalue weighted by atomic mass is 9.39. The summed E-state index contributed by atoms with van der Waals surface area (Å²) in [6, 6.07) is 2.23. The normalized spacial score (nSPS) is 46.0. The summed E-state index contributed by atoms with van der Waals surface area (Å²) in [4.78, 5) is 0. The number of rotatable bonds is 2. The van der Waals surface area contributed by atoms with Gasteiger partial charge in [-0.05, 0) is 104 Å². The van der Waals surface area contributed by atoms with Gasteiger partial charge in [-0.25, -0.2) is 0 Å². The molecule has 4 aliphatic rings. The Kier molecular flexibility index (Phi) is 3.49. The van der Waals surface area contributed by atoms with Crippen LogP contribution in [0.5, 0.6) is 0 Å². The fourth-order valence-corrected chi connectivity index (χ4v) is 10.2. The Hall–Kier alpha value is 0.950. The SMILES string of the molecule is CC12CC3CC(C)(C1)CC(C(Cl)c1cc(Br)sc1Br)(C3)C2. The number of halogens is 3. The van der Waals surface area contributed by atoms with E-state index in [1.165, 1.54) is 51.7 Å². The van der Waals surface area contributed by atoms with Crippen LogP contribution in [-0.4, -0.2) is 0 Å². The van der Waals surface area contributed by atoms with Crippen LogP contribution in [0.2, 0.25) is 0 Å². The molecule has 3 unspecified atom stereocenters. The molecule has 0 nitrogen and oxygen atoms in total. The maximum Gasteiger partial charge on any atom is 0.0757 e. The second-order valence-corrected chi connectivity index (χ2v) is 12.8. The van der Waals surface area contributed by atoms with Crippen LogP contribution >= 0.6 is 54.8 Å². The summed E-state index contributed by atoms with van der Waals surface area (Å²) in [5.74, 6) is 0.901. The van der Waals surface area contributed by atoms with E-state index in [2.05, 4.69) is 51.8 Å². The van der Waals surface area contributed by atoms with Gasteiger partial charge in [0, 0.05) is 0 Å². The van der Waals surface area contributed by atoms with Gasteiger partial charge in [0.05, 0.1) is 12.9 Å². The van der Waals surface area contributed by atoms with Crippen LogP contribution in [0.1, 0.15) is 63.3 Å². The first kappa shape index (κ1) is 15.5. The van der Waals surface area contributed by atoms with E-state index in [9.17, 15) is 0 Å². The predicted molar refractivity (Wildman–Crippen MR) is 98.2 cm³/mol. The first-order valence-corrected chi connectivity index (χ1v) is 10.7. The number of thiophene rings is 1. The monoisotopic (exact) mass is 450 g/mol. The molecule has 1 heterocycles. The predicted octanol–water partition coefficient (Wildman–Crippen LogP) is 7.55. The summed E-state index contributed by atoms with van der Waals surface area (Å²) in [5.41, 5.74) is 2.68. The van der Waals surface area contributed by atoms with Crippen molar-refractivity contribution >= 4 is 54.8 Å². The fraction of sp³-hybridized carbons (Fsp3) is 0.765. The fourth-order valence-electron chi connectivity index (χ4n) is 6.67. The van der Waals surface area contributed by atoms with Crippen molar-refractivity contribution in [1.29, 1.82) is 0 Å². The Labute approximate surface area is 153 Å². The summed E-state index contributed by atoms with van der Waals surface area (Å²) in [6.07, 6.45) is 8.26. The lowest BCUT2D eigenvalue weighted by Gasteiger charge is -2.66. The van der Waals surface area contributed by atoms with Gasteiger partial charge < -0.3 is 0 Å². The third kappa shape index (κ3) is 2.40. The molecule has 4 saturated carbocycles. The Morgan fingerprint density at radius 1 is 1.14 bits per heavy atom. The Morgan fingerprint density at radius 2 is 1.76 bits per heavy atom. The van der Waals surface area contributed by atoms with E-state index in [1.54, 1.807) is 11.3 Å². The topological polar surface area (TPSA) is 0 Å².